The quantitative estimate of drug-likeness (QED) is 0.565. The molecule has 0 unspecified atom stereocenters. The number of nitrogens with zero attached hydrogens (tertiary/aromatic N) is 4. The van der Waals surface area contributed by atoms with Crippen molar-refractivity contribution in [1.29, 1.82) is 0 Å². The molecule has 3 rings (SSSR count). The van der Waals surface area contributed by atoms with Gasteiger partial charge in [-0.3, -0.25) is 4.79 Å². The van der Waals surface area contributed by atoms with E-state index in [1.54, 1.807) is 48.5 Å². The zero-order valence-electron chi connectivity index (χ0n) is 11.8. The summed E-state index contributed by atoms with van der Waals surface area (Å²) in [4.78, 5) is 12.2. The fourth-order valence-corrected chi connectivity index (χ4v) is 2.94. The summed E-state index contributed by atoms with van der Waals surface area (Å²) < 4.78 is 1.50. The smallest absolute Gasteiger partial charge is 0.214 e. The van der Waals surface area contributed by atoms with E-state index in [2.05, 4.69) is 15.5 Å². The molecule has 0 aliphatic rings. The number of hydrogen-bond donors (Lipinski definition) is 1. The number of benzene rings is 2. The van der Waals surface area contributed by atoms with Gasteiger partial charge >= 0.3 is 0 Å². The van der Waals surface area contributed by atoms with Crippen LogP contribution < -0.4 is 0 Å². The minimum Gasteiger partial charge on any atom is -0.508 e. The predicted octanol–water partition coefficient (Wildman–Crippen LogP) is 3.00. The molecule has 0 aliphatic heterocycles. The van der Waals surface area contributed by atoms with Gasteiger partial charge in [-0.15, -0.1) is 5.10 Å². The Hall–Kier alpha value is -2.38. The molecule has 1 N–H and O–H groups in total. The average Bonchev–Trinajstić information content (AvgIpc) is 3.02. The van der Waals surface area contributed by atoms with Gasteiger partial charge in [0, 0.05) is 5.56 Å². The lowest BCUT2D eigenvalue weighted by Gasteiger charge is -2.05. The highest BCUT2D eigenvalue weighted by Crippen LogP contribution is 2.22. The van der Waals surface area contributed by atoms with Gasteiger partial charge in [0.25, 0.3) is 0 Å². The summed E-state index contributed by atoms with van der Waals surface area (Å²) in [6.07, 6.45) is 0. The first kappa shape index (κ1) is 15.5. The van der Waals surface area contributed by atoms with Crippen molar-refractivity contribution in [2.75, 3.05) is 5.75 Å². The molecule has 0 atom stereocenters. The van der Waals surface area contributed by atoms with Crippen molar-refractivity contribution >= 4 is 29.1 Å². The van der Waals surface area contributed by atoms with Gasteiger partial charge < -0.3 is 5.11 Å². The standard InChI is InChI=1S/C15H11ClN4O2S/c16-13-4-2-1-3-12(13)14(22)9-23-15-17-18-19-20(15)10-5-7-11(21)8-6-10/h1-8,21H,9H2. The Morgan fingerprint density at radius 3 is 2.65 bits per heavy atom. The van der Waals surface area contributed by atoms with E-state index in [0.717, 1.165) is 0 Å². The Labute approximate surface area is 141 Å². The third-order valence-corrected chi connectivity index (χ3v) is 4.29. The van der Waals surface area contributed by atoms with Crippen LogP contribution in [0.25, 0.3) is 5.69 Å². The highest BCUT2D eigenvalue weighted by molar-refractivity contribution is 7.99. The van der Waals surface area contributed by atoms with Gasteiger partial charge in [-0.2, -0.15) is 4.68 Å². The van der Waals surface area contributed by atoms with Crippen molar-refractivity contribution < 1.29 is 9.90 Å². The molecule has 1 heterocycles. The van der Waals surface area contributed by atoms with E-state index >= 15 is 0 Å². The minimum absolute atomic E-state index is 0.0964. The van der Waals surface area contributed by atoms with E-state index in [0.29, 0.717) is 21.4 Å². The van der Waals surface area contributed by atoms with Crippen LogP contribution in [0.3, 0.4) is 0 Å². The number of tetrazole rings is 1. The first-order valence-corrected chi connectivity index (χ1v) is 8.00. The van der Waals surface area contributed by atoms with Crippen LogP contribution in [0, 0.1) is 0 Å². The SMILES string of the molecule is O=C(CSc1nnnn1-c1ccc(O)cc1)c1ccccc1Cl. The molecular weight excluding hydrogens is 336 g/mol. The topological polar surface area (TPSA) is 80.9 Å². The molecule has 0 saturated carbocycles. The molecule has 0 radical (unpaired) electrons. The van der Waals surface area contributed by atoms with E-state index in [1.165, 1.54) is 16.4 Å². The van der Waals surface area contributed by atoms with Crippen LogP contribution in [0.4, 0.5) is 0 Å². The molecule has 23 heavy (non-hydrogen) atoms. The maximum atomic E-state index is 12.2. The Bertz CT molecular complexity index is 836. The third-order valence-electron chi connectivity index (χ3n) is 3.04. The average molecular weight is 347 g/mol. The van der Waals surface area contributed by atoms with Crippen molar-refractivity contribution in [2.24, 2.45) is 0 Å². The van der Waals surface area contributed by atoms with Crippen molar-refractivity contribution in [2.45, 2.75) is 5.16 Å². The van der Waals surface area contributed by atoms with Crippen LogP contribution in [-0.2, 0) is 0 Å². The lowest BCUT2D eigenvalue weighted by Crippen LogP contribution is -2.05. The molecule has 3 aromatic rings. The normalized spacial score (nSPS) is 10.7. The second-order valence-electron chi connectivity index (χ2n) is 4.58. The number of halogens is 1. The van der Waals surface area contributed by atoms with Crippen LogP contribution in [0.1, 0.15) is 10.4 Å². The fraction of sp³-hybridized carbons (Fsp3) is 0.0667. The number of phenolic OH excluding ortho intramolecular Hbond substituents is 1. The molecular formula is C15H11ClN4O2S. The number of ketones is 1. The van der Waals surface area contributed by atoms with Crippen LogP contribution in [0.15, 0.2) is 53.7 Å². The van der Waals surface area contributed by atoms with E-state index in [4.69, 9.17) is 11.6 Å². The summed E-state index contributed by atoms with van der Waals surface area (Å²) in [6, 6.07) is 13.4. The second-order valence-corrected chi connectivity index (χ2v) is 5.93. The minimum atomic E-state index is -0.0964. The van der Waals surface area contributed by atoms with E-state index in [-0.39, 0.29) is 17.3 Å². The van der Waals surface area contributed by atoms with Gasteiger partial charge in [-0.25, -0.2) is 0 Å². The van der Waals surface area contributed by atoms with Gasteiger partial charge in [-0.05, 0) is 46.8 Å². The monoisotopic (exact) mass is 346 g/mol. The predicted molar refractivity (Wildman–Crippen MR) is 87.3 cm³/mol. The fourth-order valence-electron chi connectivity index (χ4n) is 1.92. The molecule has 0 bridgehead atoms. The molecule has 116 valence electrons. The van der Waals surface area contributed by atoms with Gasteiger partial charge in [0.15, 0.2) is 5.78 Å². The largest absolute Gasteiger partial charge is 0.508 e. The molecule has 2 aromatic carbocycles. The Morgan fingerprint density at radius 1 is 1.17 bits per heavy atom. The number of thioether (sulfide) groups is 1. The van der Waals surface area contributed by atoms with E-state index in [1.807, 2.05) is 0 Å². The lowest BCUT2D eigenvalue weighted by molar-refractivity contribution is 0.102. The Balaban J connectivity index is 1.75. The maximum Gasteiger partial charge on any atom is 0.214 e. The summed E-state index contributed by atoms with van der Waals surface area (Å²) in [5.74, 6) is 0.230. The Morgan fingerprint density at radius 2 is 1.91 bits per heavy atom. The molecule has 6 nitrogen and oxygen atoms in total. The highest BCUT2D eigenvalue weighted by Gasteiger charge is 2.14. The summed E-state index contributed by atoms with van der Waals surface area (Å²) in [7, 11) is 0. The number of rotatable bonds is 5. The summed E-state index contributed by atoms with van der Waals surface area (Å²) in [5, 5.41) is 21.7. The summed E-state index contributed by atoms with van der Waals surface area (Å²) in [6.45, 7) is 0. The first-order valence-electron chi connectivity index (χ1n) is 6.63. The van der Waals surface area contributed by atoms with Crippen LogP contribution in [0.5, 0.6) is 5.75 Å². The molecule has 0 aliphatic carbocycles. The summed E-state index contributed by atoms with van der Waals surface area (Å²) in [5.41, 5.74) is 1.17. The van der Waals surface area contributed by atoms with Crippen LogP contribution in [0.2, 0.25) is 5.02 Å². The number of aromatic hydroxyl groups is 1. The van der Waals surface area contributed by atoms with E-state index in [9.17, 15) is 9.90 Å². The third kappa shape index (κ3) is 3.52. The molecule has 0 spiro atoms. The zero-order valence-corrected chi connectivity index (χ0v) is 13.3. The highest BCUT2D eigenvalue weighted by atomic mass is 35.5. The Kier molecular flexibility index (Phi) is 4.59. The van der Waals surface area contributed by atoms with E-state index < -0.39 is 0 Å². The maximum absolute atomic E-state index is 12.2. The van der Waals surface area contributed by atoms with Crippen LogP contribution >= 0.6 is 23.4 Å². The molecule has 8 heteroatoms. The van der Waals surface area contributed by atoms with Gasteiger partial charge in [0.2, 0.25) is 5.16 Å². The second kappa shape index (κ2) is 6.80. The molecule has 0 saturated heterocycles. The molecule has 0 amide bonds. The van der Waals surface area contributed by atoms with Crippen molar-refractivity contribution in [3.63, 3.8) is 0 Å². The lowest BCUT2D eigenvalue weighted by atomic mass is 10.1. The molecule has 0 fully saturated rings. The number of Topliss-reactive ketones (excluding diaryl/α,β-unsaturated/α-hetero) is 1. The van der Waals surface area contributed by atoms with Crippen LogP contribution in [-0.4, -0.2) is 36.8 Å². The number of carbonyl (C=O) groups excluding carboxylic acids is 1. The number of aromatic nitrogens is 4. The van der Waals surface area contributed by atoms with Gasteiger partial charge in [0.1, 0.15) is 5.75 Å². The van der Waals surface area contributed by atoms with Gasteiger partial charge in [-0.1, -0.05) is 35.5 Å². The number of hydrogen-bond acceptors (Lipinski definition) is 6. The van der Waals surface area contributed by atoms with Crippen molar-refractivity contribution in [3.8, 4) is 11.4 Å². The van der Waals surface area contributed by atoms with Crippen molar-refractivity contribution in [1.82, 2.24) is 20.2 Å². The number of phenols is 1. The summed E-state index contributed by atoms with van der Waals surface area (Å²) >= 11 is 7.24. The van der Waals surface area contributed by atoms with Gasteiger partial charge in [0.05, 0.1) is 16.5 Å². The number of carbonyl (C=O) groups is 1. The zero-order chi connectivity index (χ0) is 16.2. The first-order chi connectivity index (χ1) is 11.1. The van der Waals surface area contributed by atoms with Crippen molar-refractivity contribution in [3.05, 3.63) is 59.1 Å². The molecule has 1 aromatic heterocycles.